The Labute approximate surface area is 127 Å². The lowest BCUT2D eigenvalue weighted by Gasteiger charge is -2.23. The summed E-state index contributed by atoms with van der Waals surface area (Å²) in [4.78, 5) is 1.25. The van der Waals surface area contributed by atoms with Crippen molar-refractivity contribution in [1.29, 1.82) is 0 Å². The molecule has 0 bridgehead atoms. The summed E-state index contributed by atoms with van der Waals surface area (Å²) in [5, 5.41) is 0. The lowest BCUT2D eigenvalue weighted by atomic mass is 10.2. The summed E-state index contributed by atoms with van der Waals surface area (Å²) < 4.78 is 27.8. The van der Waals surface area contributed by atoms with Crippen LogP contribution in [0.5, 0.6) is 0 Å². The van der Waals surface area contributed by atoms with Crippen LogP contribution < -0.4 is 5.73 Å². The van der Waals surface area contributed by atoms with Crippen molar-refractivity contribution in [2.45, 2.75) is 44.2 Å². The fraction of sp³-hybridized carbons (Fsp3) is 0.667. The van der Waals surface area contributed by atoms with E-state index in [2.05, 4.69) is 15.9 Å². The van der Waals surface area contributed by atoms with Gasteiger partial charge in [-0.3, -0.25) is 0 Å². The van der Waals surface area contributed by atoms with Gasteiger partial charge in [-0.1, -0.05) is 13.8 Å². The van der Waals surface area contributed by atoms with E-state index in [0.717, 1.165) is 17.7 Å². The number of hydrogen-bond donors (Lipinski definition) is 1. The average molecular weight is 367 g/mol. The fourth-order valence-electron chi connectivity index (χ4n) is 1.97. The van der Waals surface area contributed by atoms with Crippen LogP contribution in [0, 0.1) is 5.92 Å². The van der Waals surface area contributed by atoms with Crippen LogP contribution in [0.2, 0.25) is 0 Å². The summed E-state index contributed by atoms with van der Waals surface area (Å²) in [6, 6.07) is 1.88. The Morgan fingerprint density at radius 3 is 2.58 bits per heavy atom. The first-order valence-electron chi connectivity index (χ1n) is 6.36. The minimum Gasteiger partial charge on any atom is -0.326 e. The van der Waals surface area contributed by atoms with Gasteiger partial charge in [0.15, 0.2) is 0 Å². The Morgan fingerprint density at radius 2 is 2.16 bits per heavy atom. The van der Waals surface area contributed by atoms with E-state index in [1.807, 2.05) is 13.8 Å². The van der Waals surface area contributed by atoms with Gasteiger partial charge in [0.2, 0.25) is 10.0 Å². The van der Waals surface area contributed by atoms with Crippen molar-refractivity contribution in [2.24, 2.45) is 11.7 Å². The molecular weight excluding hydrogens is 348 g/mol. The van der Waals surface area contributed by atoms with E-state index in [9.17, 15) is 8.42 Å². The molecule has 0 aromatic carbocycles. The molecule has 0 aliphatic heterocycles. The van der Waals surface area contributed by atoms with Gasteiger partial charge in [0, 0.05) is 24.0 Å². The molecule has 0 radical (unpaired) electrons. The van der Waals surface area contributed by atoms with Gasteiger partial charge in [-0.05, 0) is 40.8 Å². The summed E-state index contributed by atoms with van der Waals surface area (Å²) in [5.41, 5.74) is 5.59. The fourth-order valence-corrected chi connectivity index (χ4v) is 6.33. The van der Waals surface area contributed by atoms with Crippen molar-refractivity contribution in [1.82, 2.24) is 4.31 Å². The highest BCUT2D eigenvalue weighted by molar-refractivity contribution is 9.11. The second-order valence-electron chi connectivity index (χ2n) is 5.25. The van der Waals surface area contributed by atoms with Crippen molar-refractivity contribution >= 4 is 37.3 Å². The normalized spacial score (nSPS) is 16.5. The third-order valence-electron chi connectivity index (χ3n) is 2.99. The maximum Gasteiger partial charge on any atom is 0.245 e. The lowest BCUT2D eigenvalue weighted by Crippen LogP contribution is -2.36. The van der Waals surface area contributed by atoms with Gasteiger partial charge in [-0.25, -0.2) is 8.42 Å². The summed E-state index contributed by atoms with van der Waals surface area (Å²) in [6.07, 6.45) is 1.94. The van der Waals surface area contributed by atoms with Crippen molar-refractivity contribution < 1.29 is 8.42 Å². The number of halogens is 1. The molecule has 2 N–H and O–H groups in total. The van der Waals surface area contributed by atoms with Gasteiger partial charge in [0.25, 0.3) is 0 Å². The Hall–Kier alpha value is 0.0500. The Balaban J connectivity index is 2.35. The van der Waals surface area contributed by atoms with Gasteiger partial charge in [0.1, 0.15) is 4.90 Å². The molecule has 1 aliphatic rings. The summed E-state index contributed by atoms with van der Waals surface area (Å²) in [6.45, 7) is 5.03. The minimum atomic E-state index is -3.41. The molecule has 0 spiro atoms. The maximum atomic E-state index is 12.8. The molecule has 1 aromatic heterocycles. The summed E-state index contributed by atoms with van der Waals surface area (Å²) >= 11 is 4.75. The Kier molecular flexibility index (Phi) is 4.72. The highest BCUT2D eigenvalue weighted by atomic mass is 79.9. The molecule has 4 nitrogen and oxygen atoms in total. The molecule has 1 fully saturated rings. The molecule has 7 heteroatoms. The first-order chi connectivity index (χ1) is 8.86. The third kappa shape index (κ3) is 3.39. The lowest BCUT2D eigenvalue weighted by molar-refractivity contribution is 0.360. The zero-order valence-corrected chi connectivity index (χ0v) is 14.3. The van der Waals surface area contributed by atoms with Crippen molar-refractivity contribution in [3.8, 4) is 0 Å². The highest BCUT2D eigenvalue weighted by Crippen LogP contribution is 2.38. The third-order valence-corrected chi connectivity index (χ3v) is 7.19. The molecule has 19 heavy (non-hydrogen) atoms. The molecule has 1 aromatic rings. The van der Waals surface area contributed by atoms with Crippen LogP contribution in [0.15, 0.2) is 14.7 Å². The zero-order valence-electron chi connectivity index (χ0n) is 11.1. The van der Waals surface area contributed by atoms with E-state index in [0.29, 0.717) is 27.7 Å². The smallest absolute Gasteiger partial charge is 0.245 e. The van der Waals surface area contributed by atoms with Crippen molar-refractivity contribution in [2.75, 3.05) is 6.54 Å². The van der Waals surface area contributed by atoms with Crippen LogP contribution in [-0.2, 0) is 16.6 Å². The topological polar surface area (TPSA) is 63.4 Å². The molecule has 0 unspecified atom stereocenters. The standard InChI is InChI=1S/C12H19BrN2O2S2/c1-8(2)7-15(9-3-4-9)19(16,17)11-5-10(6-14)18-12(11)13/h5,8-9H,3-4,6-7,14H2,1-2H3. The van der Waals surface area contributed by atoms with E-state index >= 15 is 0 Å². The van der Waals surface area contributed by atoms with Crippen LogP contribution in [0.4, 0.5) is 0 Å². The molecular formula is C12H19BrN2O2S2. The number of sulfonamides is 1. The molecule has 108 valence electrons. The number of rotatable bonds is 6. The van der Waals surface area contributed by atoms with E-state index in [4.69, 9.17) is 5.73 Å². The monoisotopic (exact) mass is 366 g/mol. The van der Waals surface area contributed by atoms with Crippen LogP contribution in [-0.4, -0.2) is 25.3 Å². The highest BCUT2D eigenvalue weighted by Gasteiger charge is 2.39. The second-order valence-corrected chi connectivity index (χ2v) is 9.57. The second kappa shape index (κ2) is 5.81. The minimum absolute atomic E-state index is 0.181. The van der Waals surface area contributed by atoms with Crippen LogP contribution >= 0.6 is 27.3 Å². The van der Waals surface area contributed by atoms with Crippen LogP contribution in [0.1, 0.15) is 31.6 Å². The quantitative estimate of drug-likeness (QED) is 0.841. The zero-order chi connectivity index (χ0) is 14.2. The first-order valence-corrected chi connectivity index (χ1v) is 9.41. The summed E-state index contributed by atoms with van der Waals surface area (Å²) in [5.74, 6) is 0.321. The molecule has 0 amide bonds. The van der Waals surface area contributed by atoms with E-state index in [1.54, 1.807) is 10.4 Å². The van der Waals surface area contributed by atoms with Gasteiger partial charge in [-0.2, -0.15) is 4.31 Å². The molecule has 2 rings (SSSR count). The number of nitrogens with zero attached hydrogens (tertiary/aromatic N) is 1. The van der Waals surface area contributed by atoms with Crippen LogP contribution in [0.3, 0.4) is 0 Å². The number of hydrogen-bond acceptors (Lipinski definition) is 4. The molecule has 0 atom stereocenters. The SMILES string of the molecule is CC(C)CN(C1CC1)S(=O)(=O)c1cc(CN)sc1Br. The molecule has 1 aliphatic carbocycles. The van der Waals surface area contributed by atoms with Gasteiger partial charge < -0.3 is 5.73 Å². The maximum absolute atomic E-state index is 12.8. The number of nitrogens with two attached hydrogens (primary N) is 1. The van der Waals surface area contributed by atoms with E-state index in [1.165, 1.54) is 11.3 Å². The van der Waals surface area contributed by atoms with Gasteiger partial charge >= 0.3 is 0 Å². The molecule has 1 heterocycles. The Morgan fingerprint density at radius 1 is 1.53 bits per heavy atom. The predicted octanol–water partition coefficient (Wildman–Crippen LogP) is 2.78. The molecule has 0 saturated heterocycles. The van der Waals surface area contributed by atoms with Crippen LogP contribution in [0.25, 0.3) is 0 Å². The van der Waals surface area contributed by atoms with E-state index in [-0.39, 0.29) is 6.04 Å². The summed E-state index contributed by atoms with van der Waals surface area (Å²) in [7, 11) is -3.41. The molecule has 1 saturated carbocycles. The first kappa shape index (κ1) is 15.4. The van der Waals surface area contributed by atoms with Gasteiger partial charge in [0.05, 0.1) is 3.79 Å². The van der Waals surface area contributed by atoms with Crippen molar-refractivity contribution in [3.05, 3.63) is 14.7 Å². The predicted molar refractivity (Wildman–Crippen MR) is 81.7 cm³/mol. The Bertz CT molecular complexity index is 550. The van der Waals surface area contributed by atoms with E-state index < -0.39 is 10.0 Å². The average Bonchev–Trinajstić information content (AvgIpc) is 3.08. The van der Waals surface area contributed by atoms with Crippen molar-refractivity contribution in [3.63, 3.8) is 0 Å². The number of thiophene rings is 1. The largest absolute Gasteiger partial charge is 0.326 e. The van der Waals surface area contributed by atoms with Gasteiger partial charge in [-0.15, -0.1) is 11.3 Å².